The highest BCUT2D eigenvalue weighted by molar-refractivity contribution is 5.27. The van der Waals surface area contributed by atoms with Crippen molar-refractivity contribution in [3.63, 3.8) is 0 Å². The van der Waals surface area contributed by atoms with Crippen LogP contribution in [0.4, 0.5) is 0 Å². The molecule has 2 rings (SSSR count). The summed E-state index contributed by atoms with van der Waals surface area (Å²) in [6, 6.07) is 8.14. The third kappa shape index (κ3) is 5.30. The van der Waals surface area contributed by atoms with Gasteiger partial charge in [0.1, 0.15) is 12.4 Å². The first-order valence-corrected chi connectivity index (χ1v) is 7.73. The number of likely N-dealkylation sites (N-methyl/N-ethyl adjacent to an activating group) is 1. The van der Waals surface area contributed by atoms with Gasteiger partial charge in [-0.1, -0.05) is 25.0 Å². The zero-order chi connectivity index (χ0) is 15.1. The number of methoxy groups -OCH3 is 1. The zero-order valence-electron chi connectivity index (χ0n) is 13.2. The van der Waals surface area contributed by atoms with Gasteiger partial charge in [-0.3, -0.25) is 4.90 Å². The van der Waals surface area contributed by atoms with Gasteiger partial charge in [0.05, 0.1) is 12.2 Å². The van der Waals surface area contributed by atoms with Crippen molar-refractivity contribution in [1.82, 2.24) is 4.90 Å². The summed E-state index contributed by atoms with van der Waals surface area (Å²) >= 11 is 0. The van der Waals surface area contributed by atoms with Gasteiger partial charge >= 0.3 is 0 Å². The number of hydrogen-bond acceptors (Lipinski definition) is 4. The summed E-state index contributed by atoms with van der Waals surface area (Å²) in [5, 5.41) is 10.4. The highest BCUT2D eigenvalue weighted by Gasteiger charge is 2.31. The minimum Gasteiger partial charge on any atom is -0.491 e. The first-order chi connectivity index (χ1) is 10.1. The Morgan fingerprint density at radius 3 is 2.43 bits per heavy atom. The SMILES string of the molecule is COCCOc1ccc(CN(C)CC2(O)CCCC2)cc1. The molecule has 1 aliphatic rings. The second-order valence-electron chi connectivity index (χ2n) is 6.09. The molecule has 21 heavy (non-hydrogen) atoms. The number of benzene rings is 1. The van der Waals surface area contributed by atoms with E-state index in [0.717, 1.165) is 44.5 Å². The number of nitrogens with zero attached hydrogens (tertiary/aromatic N) is 1. The smallest absolute Gasteiger partial charge is 0.119 e. The molecule has 0 heterocycles. The predicted octanol–water partition coefficient (Wildman–Crippen LogP) is 2.45. The van der Waals surface area contributed by atoms with E-state index in [4.69, 9.17) is 9.47 Å². The summed E-state index contributed by atoms with van der Waals surface area (Å²) in [5.41, 5.74) is 0.760. The van der Waals surface area contributed by atoms with Gasteiger partial charge in [-0.25, -0.2) is 0 Å². The van der Waals surface area contributed by atoms with Crippen molar-refractivity contribution in [3.05, 3.63) is 29.8 Å². The zero-order valence-corrected chi connectivity index (χ0v) is 13.2. The maximum Gasteiger partial charge on any atom is 0.119 e. The first kappa shape index (κ1) is 16.3. The number of aliphatic hydroxyl groups is 1. The Balaban J connectivity index is 1.79. The molecule has 1 saturated carbocycles. The quantitative estimate of drug-likeness (QED) is 0.748. The Labute approximate surface area is 127 Å². The fourth-order valence-electron chi connectivity index (χ4n) is 3.00. The van der Waals surface area contributed by atoms with Gasteiger partial charge in [0, 0.05) is 20.2 Å². The lowest BCUT2D eigenvalue weighted by molar-refractivity contribution is 0.0145. The Morgan fingerprint density at radius 2 is 1.81 bits per heavy atom. The third-order valence-electron chi connectivity index (χ3n) is 4.03. The van der Waals surface area contributed by atoms with E-state index in [1.807, 2.05) is 12.1 Å². The first-order valence-electron chi connectivity index (χ1n) is 7.73. The van der Waals surface area contributed by atoms with Crippen molar-refractivity contribution in [1.29, 1.82) is 0 Å². The van der Waals surface area contributed by atoms with Gasteiger partial charge in [0.2, 0.25) is 0 Å². The molecule has 0 unspecified atom stereocenters. The van der Waals surface area contributed by atoms with E-state index >= 15 is 0 Å². The summed E-state index contributed by atoms with van der Waals surface area (Å²) in [6.07, 6.45) is 4.17. The molecular weight excluding hydrogens is 266 g/mol. The average Bonchev–Trinajstić information content (AvgIpc) is 2.87. The van der Waals surface area contributed by atoms with Crippen molar-refractivity contribution in [2.45, 2.75) is 37.8 Å². The predicted molar refractivity (Wildman–Crippen MR) is 83.6 cm³/mol. The molecule has 4 nitrogen and oxygen atoms in total. The van der Waals surface area contributed by atoms with E-state index in [-0.39, 0.29) is 0 Å². The lowest BCUT2D eigenvalue weighted by Gasteiger charge is -2.28. The van der Waals surface area contributed by atoms with Crippen molar-refractivity contribution < 1.29 is 14.6 Å². The Morgan fingerprint density at radius 1 is 1.14 bits per heavy atom. The van der Waals surface area contributed by atoms with E-state index in [9.17, 15) is 5.11 Å². The summed E-state index contributed by atoms with van der Waals surface area (Å²) in [5.74, 6) is 0.868. The van der Waals surface area contributed by atoms with Crippen LogP contribution >= 0.6 is 0 Å². The monoisotopic (exact) mass is 293 g/mol. The third-order valence-corrected chi connectivity index (χ3v) is 4.03. The molecule has 1 fully saturated rings. The van der Waals surface area contributed by atoms with Crippen LogP contribution in [0.2, 0.25) is 0 Å². The van der Waals surface area contributed by atoms with Gasteiger partial charge < -0.3 is 14.6 Å². The van der Waals surface area contributed by atoms with Crippen molar-refractivity contribution in [2.24, 2.45) is 0 Å². The standard InChI is InChI=1S/C17H27NO3/c1-18(14-17(19)9-3-4-10-17)13-15-5-7-16(8-6-15)21-12-11-20-2/h5-8,19H,3-4,9-14H2,1-2H3. The second kappa shape index (κ2) is 7.78. The lowest BCUT2D eigenvalue weighted by Crippen LogP contribution is -2.38. The molecule has 0 saturated heterocycles. The van der Waals surface area contributed by atoms with Crippen LogP contribution in [0, 0.1) is 0 Å². The van der Waals surface area contributed by atoms with Gasteiger partial charge in [0.15, 0.2) is 0 Å². The normalized spacial score (nSPS) is 17.3. The lowest BCUT2D eigenvalue weighted by atomic mass is 10.0. The minimum absolute atomic E-state index is 0.474. The molecule has 1 aromatic rings. The molecule has 4 heteroatoms. The molecule has 118 valence electrons. The highest BCUT2D eigenvalue weighted by Crippen LogP contribution is 2.30. The van der Waals surface area contributed by atoms with Gasteiger partial charge in [-0.2, -0.15) is 0 Å². The average molecular weight is 293 g/mol. The molecule has 1 aromatic carbocycles. The van der Waals surface area contributed by atoms with Crippen LogP contribution in [0.3, 0.4) is 0 Å². The van der Waals surface area contributed by atoms with Gasteiger partial charge in [-0.05, 0) is 37.6 Å². The van der Waals surface area contributed by atoms with Crippen LogP contribution < -0.4 is 4.74 Å². The molecule has 0 aromatic heterocycles. The van der Waals surface area contributed by atoms with E-state index in [0.29, 0.717) is 13.2 Å². The van der Waals surface area contributed by atoms with Crippen LogP contribution in [-0.2, 0) is 11.3 Å². The van der Waals surface area contributed by atoms with E-state index < -0.39 is 5.60 Å². The molecule has 0 bridgehead atoms. The maximum atomic E-state index is 10.4. The maximum absolute atomic E-state index is 10.4. The highest BCUT2D eigenvalue weighted by atomic mass is 16.5. The molecule has 0 aliphatic heterocycles. The van der Waals surface area contributed by atoms with Crippen LogP contribution in [0.5, 0.6) is 5.75 Å². The van der Waals surface area contributed by atoms with Crippen LogP contribution in [0.1, 0.15) is 31.2 Å². The minimum atomic E-state index is -0.474. The number of rotatable bonds is 8. The van der Waals surface area contributed by atoms with Crippen molar-refractivity contribution >= 4 is 0 Å². The largest absolute Gasteiger partial charge is 0.491 e. The molecule has 0 radical (unpaired) electrons. The van der Waals surface area contributed by atoms with Gasteiger partial charge in [0.25, 0.3) is 0 Å². The van der Waals surface area contributed by atoms with Crippen LogP contribution in [0.15, 0.2) is 24.3 Å². The van der Waals surface area contributed by atoms with Crippen molar-refractivity contribution in [2.75, 3.05) is 33.9 Å². The summed E-state index contributed by atoms with van der Waals surface area (Å²) in [7, 11) is 3.74. The Hall–Kier alpha value is -1.10. The van der Waals surface area contributed by atoms with E-state index in [1.165, 1.54) is 5.56 Å². The molecular formula is C17H27NO3. The Bertz CT molecular complexity index is 413. The summed E-state index contributed by atoms with van der Waals surface area (Å²) in [6.45, 7) is 2.77. The number of hydrogen-bond donors (Lipinski definition) is 1. The van der Waals surface area contributed by atoms with Crippen molar-refractivity contribution in [3.8, 4) is 5.75 Å². The molecule has 0 spiro atoms. The van der Waals surface area contributed by atoms with Crippen LogP contribution in [-0.4, -0.2) is 49.5 Å². The van der Waals surface area contributed by atoms with E-state index in [1.54, 1.807) is 7.11 Å². The fraction of sp³-hybridized carbons (Fsp3) is 0.647. The summed E-state index contributed by atoms with van der Waals surface area (Å²) < 4.78 is 10.5. The molecule has 1 N–H and O–H groups in total. The topological polar surface area (TPSA) is 41.9 Å². The molecule has 0 amide bonds. The Kier molecular flexibility index (Phi) is 6.03. The second-order valence-corrected chi connectivity index (χ2v) is 6.09. The molecule has 1 aliphatic carbocycles. The van der Waals surface area contributed by atoms with E-state index in [2.05, 4.69) is 24.1 Å². The summed E-state index contributed by atoms with van der Waals surface area (Å²) in [4.78, 5) is 2.20. The number of ether oxygens (including phenoxy) is 2. The van der Waals surface area contributed by atoms with Crippen LogP contribution in [0.25, 0.3) is 0 Å². The molecule has 0 atom stereocenters. The van der Waals surface area contributed by atoms with Gasteiger partial charge in [-0.15, -0.1) is 0 Å². The fourth-order valence-corrected chi connectivity index (χ4v) is 3.00.